The van der Waals surface area contributed by atoms with Crippen LogP contribution >= 0.6 is 0 Å². The molecule has 170 valence electrons. The van der Waals surface area contributed by atoms with Crippen molar-refractivity contribution in [1.82, 2.24) is 15.2 Å². The molecule has 3 aliphatic heterocycles. The highest BCUT2D eigenvalue weighted by atomic mass is 32.2. The second kappa shape index (κ2) is 10.2. The number of carbonyl (C=O) groups excluding carboxylic acids is 2. The quantitative estimate of drug-likeness (QED) is 0.583. The van der Waals surface area contributed by atoms with Gasteiger partial charge in [0.1, 0.15) is 5.71 Å². The first-order valence-electron chi connectivity index (χ1n) is 11.0. The molecular formula is C20H34N4O5S. The molecule has 0 aromatic heterocycles. The van der Waals surface area contributed by atoms with Crippen LogP contribution in [0.25, 0.3) is 0 Å². The Bertz CT molecular complexity index is 759. The summed E-state index contributed by atoms with van der Waals surface area (Å²) in [5.41, 5.74) is 0.309. The minimum Gasteiger partial charge on any atom is -0.379 e. The number of amides is 2. The van der Waals surface area contributed by atoms with Gasteiger partial charge in [-0.1, -0.05) is 26.7 Å². The Morgan fingerprint density at radius 1 is 1.23 bits per heavy atom. The lowest BCUT2D eigenvalue weighted by Gasteiger charge is -2.39. The molecule has 3 heterocycles. The maximum absolute atomic E-state index is 12.8. The van der Waals surface area contributed by atoms with E-state index in [1.807, 2.05) is 0 Å². The largest absolute Gasteiger partial charge is 0.379 e. The molecule has 0 aromatic carbocycles. The highest BCUT2D eigenvalue weighted by Crippen LogP contribution is 2.23. The Hall–Kier alpha value is -1.52. The summed E-state index contributed by atoms with van der Waals surface area (Å²) in [5.74, 6) is -0.0204. The zero-order valence-corrected chi connectivity index (χ0v) is 18.8. The Balaban J connectivity index is 1.65. The molecule has 2 saturated heterocycles. The Morgan fingerprint density at radius 3 is 2.53 bits per heavy atom. The van der Waals surface area contributed by atoms with Crippen molar-refractivity contribution in [2.24, 2.45) is 11.0 Å². The van der Waals surface area contributed by atoms with Gasteiger partial charge in [0.25, 0.3) is 5.91 Å². The number of carbonyl (C=O) groups is 2. The van der Waals surface area contributed by atoms with Crippen LogP contribution in [0.15, 0.2) is 5.10 Å². The molecule has 2 unspecified atom stereocenters. The molecule has 3 aliphatic rings. The van der Waals surface area contributed by atoms with Crippen molar-refractivity contribution in [2.75, 3.05) is 44.4 Å². The van der Waals surface area contributed by atoms with Gasteiger partial charge in [0, 0.05) is 38.5 Å². The van der Waals surface area contributed by atoms with E-state index in [0.29, 0.717) is 37.8 Å². The topological polar surface area (TPSA) is 108 Å². The first-order valence-corrected chi connectivity index (χ1v) is 12.9. The van der Waals surface area contributed by atoms with Crippen molar-refractivity contribution in [1.29, 1.82) is 0 Å². The van der Waals surface area contributed by atoms with Gasteiger partial charge in [-0.3, -0.25) is 14.5 Å². The van der Waals surface area contributed by atoms with Crippen molar-refractivity contribution >= 4 is 27.4 Å². The molecule has 30 heavy (non-hydrogen) atoms. The van der Waals surface area contributed by atoms with Gasteiger partial charge in [0.15, 0.2) is 9.84 Å². The van der Waals surface area contributed by atoms with Crippen LogP contribution < -0.4 is 5.32 Å². The van der Waals surface area contributed by atoms with Crippen LogP contribution in [-0.2, 0) is 24.2 Å². The lowest BCUT2D eigenvalue weighted by molar-refractivity contribution is -0.133. The smallest absolute Gasteiger partial charge is 0.267 e. The first kappa shape index (κ1) is 23.1. The zero-order valence-electron chi connectivity index (χ0n) is 18.0. The summed E-state index contributed by atoms with van der Waals surface area (Å²) in [6.45, 7) is 8.00. The van der Waals surface area contributed by atoms with Gasteiger partial charge in [-0.05, 0) is 12.3 Å². The summed E-state index contributed by atoms with van der Waals surface area (Å²) in [6, 6.07) is -0.231. The molecule has 3 rings (SSSR count). The molecule has 0 saturated carbocycles. The second-order valence-corrected chi connectivity index (χ2v) is 10.6. The van der Waals surface area contributed by atoms with Gasteiger partial charge in [-0.2, -0.15) is 5.10 Å². The van der Waals surface area contributed by atoms with E-state index in [-0.39, 0.29) is 42.2 Å². The Morgan fingerprint density at radius 2 is 1.93 bits per heavy atom. The fourth-order valence-corrected chi connectivity index (χ4v) is 6.32. The highest BCUT2D eigenvalue weighted by molar-refractivity contribution is 7.91. The summed E-state index contributed by atoms with van der Waals surface area (Å²) in [6.07, 6.45) is 2.91. The Labute approximate surface area is 179 Å². The van der Waals surface area contributed by atoms with E-state index in [1.54, 1.807) is 0 Å². The minimum absolute atomic E-state index is 0.0646. The van der Waals surface area contributed by atoms with Gasteiger partial charge >= 0.3 is 0 Å². The number of nitrogens with zero attached hydrogens (tertiary/aromatic N) is 3. The van der Waals surface area contributed by atoms with Gasteiger partial charge in [0.2, 0.25) is 5.91 Å². The van der Waals surface area contributed by atoms with Crippen molar-refractivity contribution in [2.45, 2.75) is 58.0 Å². The molecule has 0 aliphatic carbocycles. The van der Waals surface area contributed by atoms with E-state index in [9.17, 15) is 18.0 Å². The molecule has 0 radical (unpaired) electrons. The third kappa shape index (κ3) is 5.59. The molecule has 2 amide bonds. The van der Waals surface area contributed by atoms with Crippen molar-refractivity contribution < 1.29 is 22.7 Å². The van der Waals surface area contributed by atoms with Crippen molar-refractivity contribution in [3.63, 3.8) is 0 Å². The number of rotatable bonds is 8. The molecule has 0 spiro atoms. The molecule has 9 nitrogen and oxygen atoms in total. The van der Waals surface area contributed by atoms with E-state index < -0.39 is 15.9 Å². The summed E-state index contributed by atoms with van der Waals surface area (Å²) >= 11 is 0. The van der Waals surface area contributed by atoms with Gasteiger partial charge in [-0.25, -0.2) is 13.4 Å². The van der Waals surface area contributed by atoms with Crippen LogP contribution in [0.2, 0.25) is 0 Å². The number of hydrogen-bond donors (Lipinski definition) is 1. The van der Waals surface area contributed by atoms with Crippen molar-refractivity contribution in [3.8, 4) is 0 Å². The molecular weight excluding hydrogens is 408 g/mol. The fourth-order valence-electron chi connectivity index (χ4n) is 4.62. The minimum atomic E-state index is -3.13. The van der Waals surface area contributed by atoms with E-state index in [4.69, 9.17) is 4.74 Å². The fraction of sp³-hybridized carbons (Fsp3) is 0.850. The molecule has 0 aromatic rings. The van der Waals surface area contributed by atoms with Crippen LogP contribution in [0, 0.1) is 5.92 Å². The average molecular weight is 443 g/mol. The highest BCUT2D eigenvalue weighted by Gasteiger charge is 2.37. The van der Waals surface area contributed by atoms with Crippen LogP contribution in [0.3, 0.4) is 0 Å². The molecule has 2 atom stereocenters. The van der Waals surface area contributed by atoms with E-state index in [0.717, 1.165) is 25.9 Å². The number of morpholine rings is 1. The second-order valence-electron chi connectivity index (χ2n) is 8.34. The van der Waals surface area contributed by atoms with Gasteiger partial charge in [0.05, 0.1) is 30.8 Å². The maximum Gasteiger partial charge on any atom is 0.267 e. The molecule has 0 bridgehead atoms. The van der Waals surface area contributed by atoms with Gasteiger partial charge in [-0.15, -0.1) is 0 Å². The molecule has 10 heteroatoms. The van der Waals surface area contributed by atoms with E-state index in [2.05, 4.69) is 29.2 Å². The van der Waals surface area contributed by atoms with Crippen molar-refractivity contribution in [3.05, 3.63) is 0 Å². The number of nitrogens with one attached hydrogen (secondary N) is 1. The zero-order chi connectivity index (χ0) is 21.7. The predicted octanol–water partition coefficient (Wildman–Crippen LogP) is 0.405. The maximum atomic E-state index is 12.8. The summed E-state index contributed by atoms with van der Waals surface area (Å²) in [5, 5.41) is 8.55. The number of ether oxygens (including phenoxy) is 1. The van der Waals surface area contributed by atoms with Crippen LogP contribution in [0.5, 0.6) is 0 Å². The SMILES string of the molecule is CCC(CC)C(CNC(=O)C1=NN(C2CCS(=O)(=O)C2)C(=O)CC1)N1CCOCC1. The van der Waals surface area contributed by atoms with Crippen LogP contribution in [-0.4, -0.2) is 92.3 Å². The number of hydrazone groups is 1. The van der Waals surface area contributed by atoms with Crippen LogP contribution in [0.4, 0.5) is 0 Å². The predicted molar refractivity (Wildman–Crippen MR) is 114 cm³/mol. The molecule has 1 N–H and O–H groups in total. The third-order valence-electron chi connectivity index (χ3n) is 6.46. The summed E-state index contributed by atoms with van der Waals surface area (Å²) < 4.78 is 29.0. The Kier molecular flexibility index (Phi) is 7.86. The lowest BCUT2D eigenvalue weighted by Crippen LogP contribution is -2.53. The monoisotopic (exact) mass is 442 g/mol. The number of hydrogen-bond acceptors (Lipinski definition) is 7. The average Bonchev–Trinajstić information content (AvgIpc) is 3.11. The normalized spacial score (nSPS) is 26.0. The van der Waals surface area contributed by atoms with E-state index in [1.165, 1.54) is 5.01 Å². The molecule has 2 fully saturated rings. The van der Waals surface area contributed by atoms with E-state index >= 15 is 0 Å². The summed E-state index contributed by atoms with van der Waals surface area (Å²) in [4.78, 5) is 27.5. The number of sulfone groups is 1. The summed E-state index contributed by atoms with van der Waals surface area (Å²) in [7, 11) is -3.13. The first-order chi connectivity index (χ1) is 14.3. The lowest BCUT2D eigenvalue weighted by atomic mass is 9.92. The third-order valence-corrected chi connectivity index (χ3v) is 8.21. The van der Waals surface area contributed by atoms with Gasteiger partial charge < -0.3 is 10.1 Å². The standard InChI is InChI=1S/C20H34N4O5S/c1-3-15(4-2)18(23-8-10-29-11-9-23)13-21-20(26)17-5-6-19(25)24(22-17)16-7-12-30(27,28)14-16/h15-16,18H,3-14H2,1-2H3,(H,21,26). The van der Waals surface area contributed by atoms with Crippen LogP contribution in [0.1, 0.15) is 46.0 Å².